The molecule has 5 nitrogen and oxygen atoms in total. The van der Waals surface area contributed by atoms with Crippen LogP contribution in [-0.2, 0) is 16.6 Å². The van der Waals surface area contributed by atoms with Crippen LogP contribution in [0.5, 0.6) is 0 Å². The summed E-state index contributed by atoms with van der Waals surface area (Å²) in [5.74, 6) is 0.623. The average Bonchev–Trinajstić information content (AvgIpc) is 2.63. The summed E-state index contributed by atoms with van der Waals surface area (Å²) in [6.45, 7) is 2.74. The van der Waals surface area contributed by atoms with Gasteiger partial charge < -0.3 is 9.52 Å². The van der Waals surface area contributed by atoms with Crippen molar-refractivity contribution in [2.75, 3.05) is 4.72 Å². The van der Waals surface area contributed by atoms with Gasteiger partial charge >= 0.3 is 0 Å². The average molecular weight is 316 g/mol. The summed E-state index contributed by atoms with van der Waals surface area (Å²) in [6, 6.07) is 6.37. The van der Waals surface area contributed by atoms with Gasteiger partial charge in [0.15, 0.2) is 0 Å². The van der Waals surface area contributed by atoms with Crippen LogP contribution < -0.4 is 4.72 Å². The molecule has 1 aromatic carbocycles. The molecule has 0 aliphatic carbocycles. The van der Waals surface area contributed by atoms with Crippen molar-refractivity contribution in [3.63, 3.8) is 0 Å². The van der Waals surface area contributed by atoms with Gasteiger partial charge in [-0.05, 0) is 32.0 Å². The second kappa shape index (κ2) is 5.47. The van der Waals surface area contributed by atoms with Crippen LogP contribution in [0.25, 0.3) is 0 Å². The first-order chi connectivity index (χ1) is 9.35. The SMILES string of the molecule is Cc1oc(C)c(S(=O)(=O)Nc2cccc(Cl)c2)c1CO. The summed E-state index contributed by atoms with van der Waals surface area (Å²) < 4.78 is 32.5. The highest BCUT2D eigenvalue weighted by molar-refractivity contribution is 7.92. The van der Waals surface area contributed by atoms with Gasteiger partial charge in [-0.25, -0.2) is 8.42 Å². The number of nitrogens with one attached hydrogen (secondary N) is 1. The maximum atomic E-state index is 12.4. The van der Waals surface area contributed by atoms with Gasteiger partial charge in [0.05, 0.1) is 12.3 Å². The molecule has 0 saturated carbocycles. The zero-order valence-corrected chi connectivity index (χ0v) is 12.5. The van der Waals surface area contributed by atoms with Gasteiger partial charge in [-0.2, -0.15) is 0 Å². The summed E-state index contributed by atoms with van der Waals surface area (Å²) in [6.07, 6.45) is 0. The molecule has 0 aliphatic rings. The fourth-order valence-electron chi connectivity index (χ4n) is 2.00. The van der Waals surface area contributed by atoms with E-state index in [1.54, 1.807) is 32.0 Å². The number of anilines is 1. The molecule has 0 atom stereocenters. The zero-order chi connectivity index (χ0) is 14.9. The Morgan fingerprint density at radius 1 is 1.30 bits per heavy atom. The smallest absolute Gasteiger partial charge is 0.265 e. The zero-order valence-electron chi connectivity index (χ0n) is 11.0. The van der Waals surface area contributed by atoms with Gasteiger partial charge in [0.1, 0.15) is 16.4 Å². The first-order valence-electron chi connectivity index (χ1n) is 5.83. The maximum Gasteiger partial charge on any atom is 0.265 e. The van der Waals surface area contributed by atoms with Crippen molar-refractivity contribution in [2.45, 2.75) is 25.3 Å². The predicted octanol–water partition coefficient (Wildman–Crippen LogP) is 2.84. The van der Waals surface area contributed by atoms with Crippen molar-refractivity contribution in [1.29, 1.82) is 0 Å². The number of aryl methyl sites for hydroxylation is 2. The molecule has 2 aromatic rings. The van der Waals surface area contributed by atoms with Gasteiger partial charge in [-0.15, -0.1) is 0 Å². The fraction of sp³-hybridized carbons (Fsp3) is 0.231. The number of hydrogen-bond acceptors (Lipinski definition) is 4. The van der Waals surface area contributed by atoms with Crippen molar-refractivity contribution in [3.05, 3.63) is 46.4 Å². The van der Waals surface area contributed by atoms with E-state index in [2.05, 4.69) is 4.72 Å². The van der Waals surface area contributed by atoms with Crippen molar-refractivity contribution in [1.82, 2.24) is 0 Å². The van der Waals surface area contributed by atoms with Crippen molar-refractivity contribution >= 4 is 27.3 Å². The lowest BCUT2D eigenvalue weighted by molar-refractivity contribution is 0.276. The molecule has 0 fully saturated rings. The van der Waals surface area contributed by atoms with E-state index in [1.165, 1.54) is 6.07 Å². The Hall–Kier alpha value is -1.50. The number of halogens is 1. The van der Waals surface area contributed by atoms with Crippen molar-refractivity contribution in [3.8, 4) is 0 Å². The van der Waals surface area contributed by atoms with Crippen LogP contribution >= 0.6 is 11.6 Å². The molecule has 0 amide bonds. The lowest BCUT2D eigenvalue weighted by Crippen LogP contribution is -2.15. The van der Waals surface area contributed by atoms with E-state index in [1.807, 2.05) is 0 Å². The van der Waals surface area contributed by atoms with Gasteiger partial charge in [0.2, 0.25) is 0 Å². The molecule has 2 N–H and O–H groups in total. The standard InChI is InChI=1S/C13H14ClNO4S/c1-8-12(7-16)13(9(2)19-8)20(17,18)15-11-5-3-4-10(14)6-11/h3-6,15-16H,7H2,1-2H3. The van der Waals surface area contributed by atoms with Gasteiger partial charge in [0, 0.05) is 10.6 Å². The Kier molecular flexibility index (Phi) is 4.08. The molecule has 0 aliphatic heterocycles. The van der Waals surface area contributed by atoms with Crippen molar-refractivity contribution < 1.29 is 17.9 Å². The Bertz CT molecular complexity index is 737. The minimum Gasteiger partial charge on any atom is -0.465 e. The fourth-order valence-corrected chi connectivity index (χ4v) is 3.69. The molecule has 20 heavy (non-hydrogen) atoms. The van der Waals surface area contributed by atoms with Crippen LogP contribution in [0, 0.1) is 13.8 Å². The Balaban J connectivity index is 2.46. The molecular weight excluding hydrogens is 302 g/mol. The van der Waals surface area contributed by atoms with Crippen molar-refractivity contribution in [2.24, 2.45) is 0 Å². The number of aliphatic hydroxyl groups excluding tert-OH is 1. The third kappa shape index (κ3) is 2.82. The van der Waals surface area contributed by atoms with Crippen LogP contribution in [-0.4, -0.2) is 13.5 Å². The minimum absolute atomic E-state index is 0.0301. The second-order valence-corrected chi connectivity index (χ2v) is 6.35. The first kappa shape index (κ1) is 14.9. The normalized spacial score (nSPS) is 11.6. The quantitative estimate of drug-likeness (QED) is 0.909. The van der Waals surface area contributed by atoms with Gasteiger partial charge in [-0.3, -0.25) is 4.72 Å². The highest BCUT2D eigenvalue weighted by Gasteiger charge is 2.26. The molecule has 0 saturated heterocycles. The molecule has 0 spiro atoms. The Morgan fingerprint density at radius 2 is 2.00 bits per heavy atom. The molecule has 108 valence electrons. The van der Waals surface area contributed by atoms with E-state index in [4.69, 9.17) is 16.0 Å². The molecule has 2 rings (SSSR count). The predicted molar refractivity (Wildman–Crippen MR) is 76.4 cm³/mol. The number of benzene rings is 1. The van der Waals surface area contributed by atoms with Crippen LogP contribution in [0.2, 0.25) is 5.02 Å². The number of sulfonamides is 1. The second-order valence-electron chi connectivity index (χ2n) is 4.30. The minimum atomic E-state index is -3.85. The molecule has 0 radical (unpaired) electrons. The maximum absolute atomic E-state index is 12.4. The molecule has 1 aromatic heterocycles. The largest absolute Gasteiger partial charge is 0.465 e. The lowest BCUT2D eigenvalue weighted by atomic mass is 10.2. The first-order valence-corrected chi connectivity index (χ1v) is 7.69. The van der Waals surface area contributed by atoms with Crippen LogP contribution in [0.3, 0.4) is 0 Å². The summed E-state index contributed by atoms with van der Waals surface area (Å²) >= 11 is 5.82. The molecular formula is C13H14ClNO4S. The van der Waals surface area contributed by atoms with E-state index in [0.29, 0.717) is 16.5 Å². The van der Waals surface area contributed by atoms with E-state index in [-0.39, 0.29) is 16.2 Å². The van der Waals surface area contributed by atoms with E-state index >= 15 is 0 Å². The van der Waals surface area contributed by atoms with Crippen LogP contribution in [0.4, 0.5) is 5.69 Å². The van der Waals surface area contributed by atoms with E-state index in [9.17, 15) is 13.5 Å². The van der Waals surface area contributed by atoms with E-state index in [0.717, 1.165) is 0 Å². The number of hydrogen-bond donors (Lipinski definition) is 2. The molecule has 7 heteroatoms. The topological polar surface area (TPSA) is 79.5 Å². The van der Waals surface area contributed by atoms with Gasteiger partial charge in [0.25, 0.3) is 10.0 Å². The summed E-state index contributed by atoms with van der Waals surface area (Å²) in [5.41, 5.74) is 0.608. The van der Waals surface area contributed by atoms with Crippen LogP contribution in [0.1, 0.15) is 17.1 Å². The molecule has 0 unspecified atom stereocenters. The Morgan fingerprint density at radius 3 is 2.60 bits per heavy atom. The van der Waals surface area contributed by atoms with Gasteiger partial charge in [-0.1, -0.05) is 17.7 Å². The number of rotatable bonds is 4. The molecule has 0 bridgehead atoms. The lowest BCUT2D eigenvalue weighted by Gasteiger charge is -2.09. The summed E-state index contributed by atoms with van der Waals surface area (Å²) in [4.78, 5) is -0.0301. The summed E-state index contributed by atoms with van der Waals surface area (Å²) in [7, 11) is -3.85. The van der Waals surface area contributed by atoms with E-state index < -0.39 is 16.6 Å². The number of aliphatic hydroxyl groups is 1. The Labute approximate surface area is 122 Å². The third-order valence-electron chi connectivity index (χ3n) is 2.83. The highest BCUT2D eigenvalue weighted by atomic mass is 35.5. The summed E-state index contributed by atoms with van der Waals surface area (Å²) in [5, 5.41) is 9.74. The molecule has 1 heterocycles. The third-order valence-corrected chi connectivity index (χ3v) is 4.64. The van der Waals surface area contributed by atoms with Crippen LogP contribution in [0.15, 0.2) is 33.6 Å². The highest BCUT2D eigenvalue weighted by Crippen LogP contribution is 2.28. The number of furan rings is 1. The monoisotopic (exact) mass is 315 g/mol.